The zero-order chi connectivity index (χ0) is 28.3. The Labute approximate surface area is 236 Å². The number of fused-ring (bicyclic) bond motifs is 1. The van der Waals surface area contributed by atoms with Crippen LogP contribution in [0.2, 0.25) is 0 Å². The lowest BCUT2D eigenvalue weighted by Gasteiger charge is -2.49. The van der Waals surface area contributed by atoms with Crippen LogP contribution in [0.1, 0.15) is 22.8 Å². The summed E-state index contributed by atoms with van der Waals surface area (Å²) in [5.41, 5.74) is 1.89. The first-order valence-corrected chi connectivity index (χ1v) is 15.3. The number of nitrogens with zero attached hydrogens (tertiary/aromatic N) is 1. The molecule has 3 aromatic rings. The van der Waals surface area contributed by atoms with Crippen LogP contribution in [0, 0.1) is 0 Å². The number of carbonyl (C=O) groups is 3. The molecule has 2 aliphatic heterocycles. The van der Waals surface area contributed by atoms with Crippen molar-refractivity contribution in [2.75, 3.05) is 12.0 Å². The van der Waals surface area contributed by atoms with Crippen LogP contribution in [-0.2, 0) is 39.8 Å². The summed E-state index contributed by atoms with van der Waals surface area (Å²) in [6.07, 6.45) is 0.124. The fourth-order valence-corrected chi connectivity index (χ4v) is 6.41. The predicted molar refractivity (Wildman–Crippen MR) is 149 cm³/mol. The lowest BCUT2D eigenvalue weighted by Crippen LogP contribution is -2.70. The topological polar surface area (TPSA) is 119 Å². The Morgan fingerprint density at radius 3 is 2.05 bits per heavy atom. The number of rotatable bonds is 9. The van der Waals surface area contributed by atoms with Gasteiger partial charge in [-0.1, -0.05) is 91.0 Å². The molecule has 9 nitrogen and oxygen atoms in total. The molecular formula is C29H26N2O7S2. The van der Waals surface area contributed by atoms with Gasteiger partial charge in [-0.25, -0.2) is 4.79 Å². The first-order chi connectivity index (χ1) is 19.2. The maximum atomic E-state index is 13.7. The highest BCUT2D eigenvalue weighted by Crippen LogP contribution is 2.42. The number of hydrogen-bond acceptors (Lipinski definition) is 8. The molecule has 1 fully saturated rings. The van der Waals surface area contributed by atoms with E-state index in [9.17, 15) is 22.8 Å². The molecule has 2 heterocycles. The average molecular weight is 579 g/mol. The van der Waals surface area contributed by atoms with E-state index in [1.807, 2.05) is 66.7 Å². The second kappa shape index (κ2) is 11.6. The van der Waals surface area contributed by atoms with Crippen molar-refractivity contribution in [3.63, 3.8) is 0 Å². The molecule has 5 rings (SSSR count). The number of amides is 2. The highest BCUT2D eigenvalue weighted by Gasteiger charge is 2.55. The molecule has 0 aliphatic carbocycles. The SMILES string of the molecule is CS(=O)(=O)OC1=C(C(=O)OC(c2ccccc2)c2ccccc2)N2C(=O)[C@@H](NC(=O)Cc3ccccc3)[C@@H]2SC1. The molecule has 0 radical (unpaired) electrons. The largest absolute Gasteiger partial charge is 0.448 e. The summed E-state index contributed by atoms with van der Waals surface area (Å²) in [5.74, 6) is -2.03. The van der Waals surface area contributed by atoms with Crippen LogP contribution >= 0.6 is 11.8 Å². The Bertz CT molecular complexity index is 1510. The van der Waals surface area contributed by atoms with Crippen LogP contribution in [0.4, 0.5) is 0 Å². The average Bonchev–Trinajstić information content (AvgIpc) is 2.95. The summed E-state index contributed by atoms with van der Waals surface area (Å²) in [7, 11) is -4.01. The zero-order valence-corrected chi connectivity index (χ0v) is 23.1. The third-order valence-corrected chi connectivity index (χ3v) is 8.09. The van der Waals surface area contributed by atoms with Crippen molar-refractivity contribution in [3.8, 4) is 0 Å². The summed E-state index contributed by atoms with van der Waals surface area (Å²) in [6, 6.07) is 26.4. The molecule has 1 N–H and O–H groups in total. The summed E-state index contributed by atoms with van der Waals surface area (Å²) >= 11 is 1.19. The van der Waals surface area contributed by atoms with E-state index in [1.165, 1.54) is 11.8 Å². The van der Waals surface area contributed by atoms with Crippen LogP contribution in [0.3, 0.4) is 0 Å². The van der Waals surface area contributed by atoms with Gasteiger partial charge in [-0.3, -0.25) is 14.5 Å². The van der Waals surface area contributed by atoms with E-state index < -0.39 is 39.5 Å². The quantitative estimate of drug-likeness (QED) is 0.234. The minimum atomic E-state index is -4.01. The molecule has 3 aromatic carbocycles. The van der Waals surface area contributed by atoms with Gasteiger partial charge in [-0.05, 0) is 16.7 Å². The van der Waals surface area contributed by atoms with Crippen LogP contribution in [-0.4, -0.2) is 54.5 Å². The van der Waals surface area contributed by atoms with Crippen molar-refractivity contribution < 1.29 is 31.7 Å². The monoisotopic (exact) mass is 578 g/mol. The van der Waals surface area contributed by atoms with Gasteiger partial charge in [-0.15, -0.1) is 11.8 Å². The molecule has 2 aliphatic rings. The molecule has 0 saturated carbocycles. The van der Waals surface area contributed by atoms with Gasteiger partial charge < -0.3 is 14.2 Å². The van der Waals surface area contributed by atoms with Crippen LogP contribution in [0.15, 0.2) is 102 Å². The number of benzene rings is 3. The summed E-state index contributed by atoms with van der Waals surface area (Å²) in [4.78, 5) is 40.8. The van der Waals surface area contributed by atoms with Crippen LogP contribution < -0.4 is 5.32 Å². The Morgan fingerprint density at radius 1 is 0.950 bits per heavy atom. The van der Waals surface area contributed by atoms with Crippen molar-refractivity contribution in [2.24, 2.45) is 0 Å². The number of β-lactam (4-membered cyclic amide) rings is 1. The molecule has 206 valence electrons. The lowest BCUT2D eigenvalue weighted by molar-refractivity contribution is -0.155. The van der Waals surface area contributed by atoms with Gasteiger partial charge in [0.25, 0.3) is 5.91 Å². The second-order valence-corrected chi connectivity index (χ2v) is 12.0. The van der Waals surface area contributed by atoms with Gasteiger partial charge in [-0.2, -0.15) is 8.42 Å². The smallest absolute Gasteiger partial charge is 0.359 e. The fraction of sp³-hybridized carbons (Fsp3) is 0.207. The minimum absolute atomic E-state index is 0.0155. The maximum Gasteiger partial charge on any atom is 0.359 e. The molecular weight excluding hydrogens is 552 g/mol. The van der Waals surface area contributed by atoms with Crippen molar-refractivity contribution >= 4 is 39.7 Å². The zero-order valence-electron chi connectivity index (χ0n) is 21.4. The first kappa shape index (κ1) is 27.5. The fourth-order valence-electron chi connectivity index (χ4n) is 4.58. The Kier molecular flexibility index (Phi) is 7.95. The summed E-state index contributed by atoms with van der Waals surface area (Å²) in [5, 5.41) is 2.11. The molecule has 1 saturated heterocycles. The van der Waals surface area contributed by atoms with E-state index in [-0.39, 0.29) is 29.5 Å². The van der Waals surface area contributed by atoms with E-state index in [1.54, 1.807) is 24.3 Å². The standard InChI is InChI=1S/C29H26N2O7S2/c1-40(35,36)38-22-18-39-28-24(30-23(32)17-19-11-5-2-6-12-19)27(33)31(28)25(22)29(34)37-26(20-13-7-3-8-14-20)21-15-9-4-10-16-21/h2-16,24,26,28H,17-18H2,1H3,(H,30,32)/t24-,28+/m1/s1. The van der Waals surface area contributed by atoms with Gasteiger partial charge in [0.05, 0.1) is 18.4 Å². The number of carbonyl (C=O) groups excluding carboxylic acids is 3. The number of hydrogen-bond donors (Lipinski definition) is 1. The van der Waals surface area contributed by atoms with Gasteiger partial charge in [0.2, 0.25) is 5.91 Å². The normalized spacial score (nSPS) is 18.6. The number of nitrogens with one attached hydrogen (secondary N) is 1. The highest BCUT2D eigenvalue weighted by molar-refractivity contribution is 8.00. The maximum absolute atomic E-state index is 13.7. The van der Waals surface area contributed by atoms with Crippen LogP contribution in [0.5, 0.6) is 0 Å². The first-order valence-electron chi connectivity index (χ1n) is 12.4. The van der Waals surface area contributed by atoms with E-state index >= 15 is 0 Å². The predicted octanol–water partition coefficient (Wildman–Crippen LogP) is 3.15. The molecule has 11 heteroatoms. The summed E-state index contributed by atoms with van der Waals surface area (Å²) < 4.78 is 35.1. The number of esters is 1. The molecule has 0 aromatic heterocycles. The lowest BCUT2D eigenvalue weighted by atomic mass is 10.0. The second-order valence-electron chi connectivity index (χ2n) is 9.28. The van der Waals surface area contributed by atoms with Crippen molar-refractivity contribution in [2.45, 2.75) is 23.9 Å². The molecule has 2 amide bonds. The van der Waals surface area contributed by atoms with Gasteiger partial charge in [0, 0.05) is 0 Å². The van der Waals surface area contributed by atoms with E-state index in [0.717, 1.165) is 16.7 Å². The third kappa shape index (κ3) is 6.05. The summed E-state index contributed by atoms with van der Waals surface area (Å²) in [6.45, 7) is 0. The molecule has 0 unspecified atom stereocenters. The van der Waals surface area contributed by atoms with Gasteiger partial charge in [0.15, 0.2) is 17.6 Å². The molecule has 0 spiro atoms. The number of thioether (sulfide) groups is 1. The number of ether oxygens (including phenoxy) is 1. The van der Waals surface area contributed by atoms with E-state index in [4.69, 9.17) is 8.92 Å². The van der Waals surface area contributed by atoms with Gasteiger partial charge >= 0.3 is 16.1 Å². The Hall–Kier alpha value is -4.09. The Morgan fingerprint density at radius 2 is 1.50 bits per heavy atom. The van der Waals surface area contributed by atoms with E-state index in [0.29, 0.717) is 11.1 Å². The van der Waals surface area contributed by atoms with E-state index in [2.05, 4.69) is 5.32 Å². The van der Waals surface area contributed by atoms with Crippen LogP contribution in [0.25, 0.3) is 0 Å². The minimum Gasteiger partial charge on any atom is -0.448 e. The van der Waals surface area contributed by atoms with Gasteiger partial charge in [0.1, 0.15) is 11.4 Å². The Balaban J connectivity index is 1.41. The van der Waals surface area contributed by atoms with Crippen molar-refractivity contribution in [1.29, 1.82) is 0 Å². The van der Waals surface area contributed by atoms with Crippen molar-refractivity contribution in [1.82, 2.24) is 10.2 Å². The highest BCUT2D eigenvalue weighted by atomic mass is 32.2. The van der Waals surface area contributed by atoms with Crippen molar-refractivity contribution in [3.05, 3.63) is 119 Å². The third-order valence-electron chi connectivity index (χ3n) is 6.33. The molecule has 2 atom stereocenters. The molecule has 40 heavy (non-hydrogen) atoms. The molecule has 0 bridgehead atoms.